The van der Waals surface area contributed by atoms with Crippen molar-refractivity contribution in [3.05, 3.63) is 76.4 Å². The fraction of sp³-hybridized carbons (Fsp3) is 0.452. The standard InChI is InChI=1S/C31H39FN2O3/c1-3-23(20-33-22-36-4-2)29-8-5-7-25-19-26(35)11-14-30(25)31(29)24-9-12-27(13-10-24)37-28-15-18-34(21-28)17-6-16-32/h3,9-14,19-20,28,35H,4-8,15-18,21-22H2,1-2H3/b23-3+,33-20-. The number of alkyl halides is 1. The van der Waals surface area contributed by atoms with E-state index in [1.807, 2.05) is 44.3 Å². The number of fused-ring (bicyclic) bond motifs is 1. The van der Waals surface area contributed by atoms with Gasteiger partial charge in [-0.1, -0.05) is 24.3 Å². The molecule has 1 heterocycles. The summed E-state index contributed by atoms with van der Waals surface area (Å²) in [4.78, 5) is 6.78. The maximum Gasteiger partial charge on any atom is 0.137 e. The van der Waals surface area contributed by atoms with Gasteiger partial charge in [-0.3, -0.25) is 14.3 Å². The van der Waals surface area contributed by atoms with Crippen molar-refractivity contribution in [2.75, 3.05) is 39.6 Å². The number of hydrogen-bond acceptors (Lipinski definition) is 5. The van der Waals surface area contributed by atoms with Gasteiger partial charge in [0.15, 0.2) is 0 Å². The average molecular weight is 507 g/mol. The topological polar surface area (TPSA) is 54.3 Å². The van der Waals surface area contributed by atoms with Crippen molar-refractivity contribution in [2.45, 2.75) is 52.1 Å². The molecule has 1 N–H and O–H groups in total. The largest absolute Gasteiger partial charge is 0.508 e. The summed E-state index contributed by atoms with van der Waals surface area (Å²) in [6.45, 7) is 7.33. The van der Waals surface area contributed by atoms with E-state index in [0.29, 0.717) is 25.5 Å². The first-order valence-corrected chi connectivity index (χ1v) is 13.5. The van der Waals surface area contributed by atoms with Crippen LogP contribution in [0, 0.1) is 0 Å². The smallest absolute Gasteiger partial charge is 0.137 e. The summed E-state index contributed by atoms with van der Waals surface area (Å²) in [7, 11) is 0. The predicted octanol–water partition coefficient (Wildman–Crippen LogP) is 6.35. The van der Waals surface area contributed by atoms with Crippen molar-refractivity contribution < 1.29 is 19.0 Å². The number of phenols is 1. The highest BCUT2D eigenvalue weighted by Gasteiger charge is 2.24. The lowest BCUT2D eigenvalue weighted by molar-refractivity contribution is 0.156. The van der Waals surface area contributed by atoms with E-state index >= 15 is 0 Å². The minimum atomic E-state index is -0.266. The number of hydrogen-bond donors (Lipinski definition) is 1. The highest BCUT2D eigenvalue weighted by atomic mass is 19.1. The van der Waals surface area contributed by atoms with Gasteiger partial charge >= 0.3 is 0 Å². The molecule has 4 rings (SSSR count). The number of aliphatic imine (C=N–C) groups is 1. The maximum absolute atomic E-state index is 12.5. The first-order valence-electron chi connectivity index (χ1n) is 13.5. The van der Waals surface area contributed by atoms with E-state index in [1.54, 1.807) is 6.07 Å². The average Bonchev–Trinajstić information content (AvgIpc) is 3.27. The van der Waals surface area contributed by atoms with Gasteiger partial charge in [-0.05, 0) is 104 Å². The third-order valence-electron chi connectivity index (χ3n) is 7.08. The molecule has 2 aliphatic rings. The van der Waals surface area contributed by atoms with E-state index in [-0.39, 0.29) is 12.8 Å². The number of aryl methyl sites for hydroxylation is 1. The molecule has 5 nitrogen and oxygen atoms in total. The molecule has 0 bridgehead atoms. The molecule has 1 aliphatic carbocycles. The Hall–Kier alpha value is -2.96. The molecule has 198 valence electrons. The number of rotatable bonds is 11. The quantitative estimate of drug-likeness (QED) is 0.285. The lowest BCUT2D eigenvalue weighted by atomic mass is 9.87. The Morgan fingerprint density at radius 2 is 2.03 bits per heavy atom. The van der Waals surface area contributed by atoms with Gasteiger partial charge in [0, 0.05) is 32.5 Å². The van der Waals surface area contributed by atoms with Crippen LogP contribution in [0.1, 0.15) is 56.2 Å². The molecule has 1 fully saturated rings. The van der Waals surface area contributed by atoms with Crippen LogP contribution in [-0.2, 0) is 11.2 Å². The Labute approximate surface area is 220 Å². The van der Waals surface area contributed by atoms with Crippen molar-refractivity contribution in [2.24, 2.45) is 4.99 Å². The van der Waals surface area contributed by atoms with Gasteiger partial charge in [0.2, 0.25) is 0 Å². The minimum absolute atomic E-state index is 0.137. The SMILES string of the molecule is C/C=C(\C=N/COCC)C1=C(c2ccc(OC3CCN(CCCF)C3)cc2)c2ccc(O)cc2CCC1. The van der Waals surface area contributed by atoms with Crippen molar-refractivity contribution in [1.82, 2.24) is 4.90 Å². The summed E-state index contributed by atoms with van der Waals surface area (Å²) in [6, 6.07) is 14.1. The van der Waals surface area contributed by atoms with Gasteiger partial charge in [-0.15, -0.1) is 0 Å². The van der Waals surface area contributed by atoms with Crippen molar-refractivity contribution in [1.29, 1.82) is 0 Å². The van der Waals surface area contributed by atoms with Crippen LogP contribution >= 0.6 is 0 Å². The minimum Gasteiger partial charge on any atom is -0.508 e. The van der Waals surface area contributed by atoms with Gasteiger partial charge in [-0.2, -0.15) is 0 Å². The first-order chi connectivity index (χ1) is 18.1. The molecular formula is C31H39FN2O3. The molecule has 1 unspecified atom stereocenters. The Kier molecular flexibility index (Phi) is 9.92. The van der Waals surface area contributed by atoms with Gasteiger partial charge in [0.25, 0.3) is 0 Å². The predicted molar refractivity (Wildman–Crippen MR) is 148 cm³/mol. The number of allylic oxidation sites excluding steroid dienone is 3. The molecule has 0 aromatic heterocycles. The van der Waals surface area contributed by atoms with Crippen LogP contribution in [0.4, 0.5) is 4.39 Å². The molecule has 37 heavy (non-hydrogen) atoms. The fourth-order valence-electron chi connectivity index (χ4n) is 5.27. The number of nitrogens with zero attached hydrogens (tertiary/aromatic N) is 2. The van der Waals surface area contributed by atoms with Gasteiger partial charge in [-0.25, -0.2) is 0 Å². The van der Waals surface area contributed by atoms with Crippen molar-refractivity contribution in [3.63, 3.8) is 0 Å². The summed E-state index contributed by atoms with van der Waals surface area (Å²) < 4.78 is 24.2. The van der Waals surface area contributed by atoms with E-state index in [0.717, 1.165) is 73.3 Å². The number of aromatic hydroxyl groups is 1. The van der Waals surface area contributed by atoms with Gasteiger partial charge < -0.3 is 14.6 Å². The zero-order valence-electron chi connectivity index (χ0n) is 22.1. The molecule has 0 spiro atoms. The van der Waals surface area contributed by atoms with Crippen LogP contribution < -0.4 is 4.74 Å². The van der Waals surface area contributed by atoms with Crippen molar-refractivity contribution >= 4 is 11.8 Å². The second kappa shape index (κ2) is 13.5. The molecule has 0 saturated carbocycles. The Morgan fingerprint density at radius 1 is 1.19 bits per heavy atom. The number of likely N-dealkylation sites (tertiary alicyclic amines) is 1. The summed E-state index contributed by atoms with van der Waals surface area (Å²) in [5.74, 6) is 1.15. The highest BCUT2D eigenvalue weighted by molar-refractivity contribution is 5.95. The summed E-state index contributed by atoms with van der Waals surface area (Å²) in [5, 5.41) is 10.2. The summed E-state index contributed by atoms with van der Waals surface area (Å²) in [5.41, 5.74) is 6.94. The van der Waals surface area contributed by atoms with Gasteiger partial charge in [0.05, 0.1) is 6.67 Å². The second-order valence-electron chi connectivity index (χ2n) is 9.62. The van der Waals surface area contributed by atoms with E-state index in [2.05, 4.69) is 28.1 Å². The highest BCUT2D eigenvalue weighted by Crippen LogP contribution is 2.39. The van der Waals surface area contributed by atoms with Crippen LogP contribution in [0.5, 0.6) is 11.5 Å². The van der Waals surface area contributed by atoms with Crippen LogP contribution in [-0.4, -0.2) is 62.0 Å². The molecule has 2 aromatic rings. The molecule has 1 aliphatic heterocycles. The maximum atomic E-state index is 12.5. The number of halogens is 1. The summed E-state index contributed by atoms with van der Waals surface area (Å²) in [6.07, 6.45) is 8.54. The van der Waals surface area contributed by atoms with Crippen LogP contribution in [0.15, 0.2) is 64.7 Å². The molecular weight excluding hydrogens is 467 g/mol. The lowest BCUT2D eigenvalue weighted by Gasteiger charge is -2.19. The second-order valence-corrected chi connectivity index (χ2v) is 9.62. The molecule has 0 amide bonds. The molecule has 1 saturated heterocycles. The van der Waals surface area contributed by atoms with Crippen LogP contribution in [0.2, 0.25) is 0 Å². The van der Waals surface area contributed by atoms with Crippen molar-refractivity contribution in [3.8, 4) is 11.5 Å². The van der Waals surface area contributed by atoms with E-state index in [4.69, 9.17) is 9.47 Å². The fourth-order valence-corrected chi connectivity index (χ4v) is 5.27. The third-order valence-corrected chi connectivity index (χ3v) is 7.08. The van der Waals surface area contributed by atoms with E-state index in [1.165, 1.54) is 11.1 Å². The Morgan fingerprint density at radius 3 is 2.78 bits per heavy atom. The molecule has 6 heteroatoms. The monoisotopic (exact) mass is 506 g/mol. The number of benzene rings is 2. The summed E-state index contributed by atoms with van der Waals surface area (Å²) >= 11 is 0. The van der Waals surface area contributed by atoms with E-state index in [9.17, 15) is 9.50 Å². The lowest BCUT2D eigenvalue weighted by Crippen LogP contribution is -2.26. The van der Waals surface area contributed by atoms with Crippen LogP contribution in [0.25, 0.3) is 5.57 Å². The molecule has 1 atom stereocenters. The zero-order chi connectivity index (χ0) is 26.0. The van der Waals surface area contributed by atoms with Gasteiger partial charge in [0.1, 0.15) is 24.3 Å². The Bertz CT molecular complexity index is 1120. The molecule has 0 radical (unpaired) electrons. The number of phenolic OH excluding ortho intramolecular Hbond substituents is 1. The molecule has 2 aromatic carbocycles. The first kappa shape index (κ1) is 27.1. The van der Waals surface area contributed by atoms with E-state index < -0.39 is 0 Å². The third kappa shape index (κ3) is 7.08. The normalized spacial score (nSPS) is 18.9. The zero-order valence-corrected chi connectivity index (χ0v) is 22.1. The Balaban J connectivity index is 1.63. The van der Waals surface area contributed by atoms with Crippen LogP contribution in [0.3, 0.4) is 0 Å². The number of ether oxygens (including phenoxy) is 2.